The second kappa shape index (κ2) is 11.9. The van der Waals surface area contributed by atoms with Gasteiger partial charge in [-0.3, -0.25) is 0 Å². The smallest absolute Gasteiger partial charge is 0.0860 e. The molecular weight excluding hydrogens is 376 g/mol. The zero-order valence-electron chi connectivity index (χ0n) is 22.3. The number of rotatable bonds is 11. The largest absolute Gasteiger partial charge is 0.367 e. The summed E-state index contributed by atoms with van der Waals surface area (Å²) in [5.41, 5.74) is 6.17. The van der Waals surface area contributed by atoms with Crippen LogP contribution >= 0.6 is 0 Å². The van der Waals surface area contributed by atoms with E-state index >= 15 is 0 Å². The van der Waals surface area contributed by atoms with Crippen molar-refractivity contribution in [1.82, 2.24) is 0 Å². The maximum absolute atomic E-state index is 6.83. The predicted molar refractivity (Wildman–Crippen MR) is 137 cm³/mol. The van der Waals surface area contributed by atoms with Crippen molar-refractivity contribution in [2.75, 3.05) is 0 Å². The van der Waals surface area contributed by atoms with Crippen LogP contribution in [0.5, 0.6) is 0 Å². The maximum atomic E-state index is 6.83. The van der Waals surface area contributed by atoms with Crippen molar-refractivity contribution in [2.45, 2.75) is 132 Å². The lowest BCUT2D eigenvalue weighted by molar-refractivity contribution is -0.112. The Kier molecular flexibility index (Phi) is 10.1. The molecule has 0 aromatic rings. The van der Waals surface area contributed by atoms with Crippen LogP contribution in [0.25, 0.3) is 0 Å². The summed E-state index contributed by atoms with van der Waals surface area (Å²) in [4.78, 5) is 0. The van der Waals surface area contributed by atoms with Gasteiger partial charge in [-0.15, -0.1) is 0 Å². The highest BCUT2D eigenvalue weighted by Crippen LogP contribution is 2.45. The fraction of sp³-hybridized carbons (Fsp3) is 0.800. The van der Waals surface area contributed by atoms with Gasteiger partial charge >= 0.3 is 0 Å². The highest BCUT2D eigenvalue weighted by atomic mass is 16.5. The minimum absolute atomic E-state index is 0.0592. The predicted octanol–water partition coefficient (Wildman–Crippen LogP) is 9.44. The first-order valence-electron chi connectivity index (χ1n) is 13.3. The van der Waals surface area contributed by atoms with Crippen molar-refractivity contribution in [3.8, 4) is 0 Å². The minimum Gasteiger partial charge on any atom is -0.367 e. The number of hydrogen-bond donors (Lipinski definition) is 0. The highest BCUT2D eigenvalue weighted by Gasteiger charge is 2.40. The molecule has 1 fully saturated rings. The topological polar surface area (TPSA) is 9.23 Å². The van der Waals surface area contributed by atoms with Gasteiger partial charge in [-0.05, 0) is 94.3 Å². The van der Waals surface area contributed by atoms with Gasteiger partial charge in [0.25, 0.3) is 0 Å². The molecule has 1 aliphatic carbocycles. The first-order chi connectivity index (χ1) is 14.5. The second-order valence-electron chi connectivity index (χ2n) is 11.7. The molecule has 2 aliphatic rings. The van der Waals surface area contributed by atoms with Crippen molar-refractivity contribution < 1.29 is 4.74 Å². The molecule has 1 aliphatic heterocycles. The molecule has 5 atom stereocenters. The van der Waals surface area contributed by atoms with E-state index in [2.05, 4.69) is 74.5 Å². The molecular formula is C30H52O. The number of allylic oxidation sites excluding steroid dienone is 4. The van der Waals surface area contributed by atoms with E-state index in [0.29, 0.717) is 12.0 Å². The van der Waals surface area contributed by atoms with Crippen LogP contribution in [0.4, 0.5) is 0 Å². The lowest BCUT2D eigenvalue weighted by Gasteiger charge is -2.46. The molecule has 0 aromatic carbocycles. The third kappa shape index (κ3) is 7.62. The summed E-state index contributed by atoms with van der Waals surface area (Å²) in [5, 5.41) is 0. The van der Waals surface area contributed by atoms with E-state index in [4.69, 9.17) is 4.74 Å². The summed E-state index contributed by atoms with van der Waals surface area (Å²) in [6, 6.07) is 0. The third-order valence-electron chi connectivity index (χ3n) is 8.28. The van der Waals surface area contributed by atoms with E-state index in [1.165, 1.54) is 74.5 Å². The van der Waals surface area contributed by atoms with Crippen LogP contribution in [0, 0.1) is 23.7 Å². The first-order valence-corrected chi connectivity index (χ1v) is 13.3. The van der Waals surface area contributed by atoms with E-state index in [0.717, 1.165) is 17.8 Å². The molecule has 0 aromatic heterocycles. The lowest BCUT2D eigenvalue weighted by Crippen LogP contribution is -2.44. The van der Waals surface area contributed by atoms with E-state index in [1.807, 2.05) is 0 Å². The molecule has 1 nitrogen and oxygen atoms in total. The quantitative estimate of drug-likeness (QED) is 0.298. The van der Waals surface area contributed by atoms with Gasteiger partial charge in [-0.25, -0.2) is 0 Å². The Labute approximate surface area is 194 Å². The standard InChI is InChI=1S/C30H52O/c1-21(2)13-10-14-22(3)15-11-16-23(4)17-12-19-30(9)20-18-28-26(7)24(5)25(6)27(8)29(28)31-30/h10,14,21-23,27,29H,11-13,15-20H2,1-9H3/b14-10+/t22?,23?,27?,29-,30?/m0/s1. The van der Waals surface area contributed by atoms with Gasteiger partial charge in [0.2, 0.25) is 0 Å². The summed E-state index contributed by atoms with van der Waals surface area (Å²) in [5.74, 6) is 2.85. The maximum Gasteiger partial charge on any atom is 0.0860 e. The fourth-order valence-electron chi connectivity index (χ4n) is 5.51. The molecule has 1 saturated heterocycles. The molecule has 0 N–H and O–H groups in total. The molecule has 0 amide bonds. The Hall–Kier alpha value is -0.820. The average Bonchev–Trinajstić information content (AvgIpc) is 2.70. The van der Waals surface area contributed by atoms with Crippen LogP contribution < -0.4 is 0 Å². The van der Waals surface area contributed by atoms with Crippen LogP contribution in [0.2, 0.25) is 0 Å². The molecule has 4 unspecified atom stereocenters. The van der Waals surface area contributed by atoms with E-state index in [-0.39, 0.29) is 5.60 Å². The van der Waals surface area contributed by atoms with Gasteiger partial charge in [0.15, 0.2) is 0 Å². The SMILES string of the molecule is CC1=C(C)C(C)[C@@H]2OC(C)(CCCC(C)CCCC(C)/C=C/CC(C)C)CCC2=C1C. The first kappa shape index (κ1) is 26.4. The van der Waals surface area contributed by atoms with Crippen molar-refractivity contribution in [3.05, 3.63) is 34.4 Å². The number of fused-ring (bicyclic) bond motifs is 1. The molecule has 1 heteroatoms. The van der Waals surface area contributed by atoms with Crippen LogP contribution in [-0.4, -0.2) is 11.7 Å². The summed E-state index contributed by atoms with van der Waals surface area (Å²) in [6.45, 7) is 21.1. The summed E-state index contributed by atoms with van der Waals surface area (Å²) in [6.07, 6.45) is 16.7. The van der Waals surface area contributed by atoms with Crippen molar-refractivity contribution in [1.29, 1.82) is 0 Å². The Morgan fingerprint density at radius 2 is 1.68 bits per heavy atom. The van der Waals surface area contributed by atoms with Gasteiger partial charge < -0.3 is 4.74 Å². The van der Waals surface area contributed by atoms with E-state index in [1.54, 1.807) is 5.57 Å². The molecule has 0 spiro atoms. The Bertz CT molecular complexity index is 664. The number of hydrogen-bond acceptors (Lipinski definition) is 1. The molecule has 31 heavy (non-hydrogen) atoms. The van der Waals surface area contributed by atoms with E-state index < -0.39 is 0 Å². The fourth-order valence-corrected chi connectivity index (χ4v) is 5.51. The molecule has 0 bridgehead atoms. The second-order valence-corrected chi connectivity index (χ2v) is 11.7. The normalized spacial score (nSPS) is 29.1. The molecule has 1 heterocycles. The van der Waals surface area contributed by atoms with Gasteiger partial charge in [0, 0.05) is 5.92 Å². The third-order valence-corrected chi connectivity index (χ3v) is 8.28. The Balaban J connectivity index is 1.72. The van der Waals surface area contributed by atoms with Crippen molar-refractivity contribution >= 4 is 0 Å². The van der Waals surface area contributed by atoms with Crippen molar-refractivity contribution in [3.63, 3.8) is 0 Å². The molecule has 178 valence electrons. The Morgan fingerprint density at radius 3 is 2.35 bits per heavy atom. The minimum atomic E-state index is 0.0592. The van der Waals surface area contributed by atoms with Crippen LogP contribution in [0.1, 0.15) is 120 Å². The Morgan fingerprint density at radius 1 is 1.00 bits per heavy atom. The van der Waals surface area contributed by atoms with Gasteiger partial charge in [0.05, 0.1) is 11.7 Å². The number of ether oxygens (including phenoxy) is 1. The van der Waals surface area contributed by atoms with Gasteiger partial charge in [0.1, 0.15) is 0 Å². The summed E-state index contributed by atoms with van der Waals surface area (Å²) >= 11 is 0. The zero-order chi connectivity index (χ0) is 23.2. The monoisotopic (exact) mass is 428 g/mol. The lowest BCUT2D eigenvalue weighted by atomic mass is 9.73. The average molecular weight is 429 g/mol. The van der Waals surface area contributed by atoms with Crippen molar-refractivity contribution in [2.24, 2.45) is 23.7 Å². The van der Waals surface area contributed by atoms with Gasteiger partial charge in [-0.2, -0.15) is 0 Å². The zero-order valence-corrected chi connectivity index (χ0v) is 22.3. The summed E-state index contributed by atoms with van der Waals surface area (Å²) < 4.78 is 6.83. The van der Waals surface area contributed by atoms with Crippen LogP contribution in [0.3, 0.4) is 0 Å². The molecule has 0 radical (unpaired) electrons. The molecule has 0 saturated carbocycles. The van der Waals surface area contributed by atoms with E-state index in [9.17, 15) is 0 Å². The van der Waals surface area contributed by atoms with Crippen LogP contribution in [0.15, 0.2) is 34.4 Å². The van der Waals surface area contributed by atoms with Crippen LogP contribution in [-0.2, 0) is 4.74 Å². The summed E-state index contributed by atoms with van der Waals surface area (Å²) in [7, 11) is 0. The highest BCUT2D eigenvalue weighted by molar-refractivity contribution is 5.43. The van der Waals surface area contributed by atoms with Gasteiger partial charge in [-0.1, -0.05) is 78.0 Å². The molecule has 2 rings (SSSR count).